The smallest absolute Gasteiger partial charge is 0.225 e. The summed E-state index contributed by atoms with van der Waals surface area (Å²) in [6.45, 7) is 2.62. The van der Waals surface area contributed by atoms with E-state index in [4.69, 9.17) is 0 Å². The molecule has 0 unspecified atom stereocenters. The monoisotopic (exact) mass is 336 g/mol. The van der Waals surface area contributed by atoms with Crippen LogP contribution in [0.2, 0.25) is 0 Å². The predicted molar refractivity (Wildman–Crippen MR) is 90.9 cm³/mol. The van der Waals surface area contributed by atoms with E-state index in [1.54, 1.807) is 6.20 Å². The van der Waals surface area contributed by atoms with Gasteiger partial charge in [-0.25, -0.2) is 9.50 Å². The molecule has 25 heavy (non-hydrogen) atoms. The maximum absolute atomic E-state index is 12.9. The van der Waals surface area contributed by atoms with Gasteiger partial charge in [0.1, 0.15) is 0 Å². The molecule has 1 fully saturated rings. The van der Waals surface area contributed by atoms with Crippen molar-refractivity contribution in [3.63, 3.8) is 0 Å². The van der Waals surface area contributed by atoms with E-state index in [2.05, 4.69) is 20.1 Å². The molecule has 1 amide bonds. The Balaban J connectivity index is 1.45. The maximum Gasteiger partial charge on any atom is 0.225 e. The highest BCUT2D eigenvalue weighted by molar-refractivity contribution is 5.78. The fourth-order valence-electron chi connectivity index (χ4n) is 4.35. The average Bonchev–Trinajstić information content (AvgIpc) is 3.31. The Hall–Kier alpha value is -2.70. The van der Waals surface area contributed by atoms with E-state index in [0.29, 0.717) is 13.0 Å². The number of carbonyl (C=O) groups is 1. The van der Waals surface area contributed by atoms with Crippen LogP contribution in [0, 0.1) is 6.92 Å². The van der Waals surface area contributed by atoms with Gasteiger partial charge in [-0.05, 0) is 25.8 Å². The lowest BCUT2D eigenvalue weighted by Crippen LogP contribution is -2.43. The highest BCUT2D eigenvalue weighted by Crippen LogP contribution is 2.43. The number of hydrogen-bond donors (Lipinski definition) is 0. The molecule has 2 bridgehead atoms. The van der Waals surface area contributed by atoms with Gasteiger partial charge in [0.05, 0.1) is 17.4 Å². The third-order valence-electron chi connectivity index (χ3n) is 5.43. The standard InChI is InChI=1S/C18H20N6O/c1-12-9-17-19-11-14-15-4-3-13(10-16(14)24(17)21-12)23(15)18(25)5-8-22-7-2-6-20-22/h2,6-7,9,11,13,15H,3-5,8,10H2,1H3/t13-,15-/m1/s1. The molecule has 5 heterocycles. The lowest BCUT2D eigenvalue weighted by atomic mass is 9.98. The molecule has 5 rings (SSSR count). The summed E-state index contributed by atoms with van der Waals surface area (Å²) in [5.74, 6) is 0.213. The summed E-state index contributed by atoms with van der Waals surface area (Å²) in [5.41, 5.74) is 4.26. The van der Waals surface area contributed by atoms with Crippen molar-refractivity contribution >= 4 is 11.6 Å². The van der Waals surface area contributed by atoms with Gasteiger partial charge in [-0.15, -0.1) is 0 Å². The summed E-state index contributed by atoms with van der Waals surface area (Å²) >= 11 is 0. The van der Waals surface area contributed by atoms with Crippen LogP contribution in [0.25, 0.3) is 5.65 Å². The molecule has 0 saturated carbocycles. The Morgan fingerprint density at radius 2 is 2.28 bits per heavy atom. The van der Waals surface area contributed by atoms with E-state index >= 15 is 0 Å². The minimum Gasteiger partial charge on any atom is -0.332 e. The summed E-state index contributed by atoms with van der Waals surface area (Å²) in [6.07, 6.45) is 9.00. The topological polar surface area (TPSA) is 68.3 Å². The first-order chi connectivity index (χ1) is 12.2. The maximum atomic E-state index is 12.9. The first kappa shape index (κ1) is 14.6. The molecule has 2 aliphatic rings. The van der Waals surface area contributed by atoms with Crippen LogP contribution in [0.1, 0.15) is 42.3 Å². The van der Waals surface area contributed by atoms with Gasteiger partial charge in [-0.2, -0.15) is 10.2 Å². The van der Waals surface area contributed by atoms with Gasteiger partial charge in [-0.1, -0.05) is 0 Å². The van der Waals surface area contributed by atoms with Crippen molar-refractivity contribution in [1.82, 2.24) is 29.3 Å². The van der Waals surface area contributed by atoms with E-state index in [0.717, 1.165) is 36.2 Å². The highest BCUT2D eigenvalue weighted by Gasteiger charge is 2.43. The van der Waals surface area contributed by atoms with Crippen molar-refractivity contribution in [1.29, 1.82) is 0 Å². The van der Waals surface area contributed by atoms with Crippen molar-refractivity contribution in [2.75, 3.05) is 0 Å². The Kier molecular flexibility index (Phi) is 3.16. The van der Waals surface area contributed by atoms with Crippen LogP contribution in [-0.2, 0) is 17.8 Å². The Bertz CT molecular complexity index is 944. The Labute approximate surface area is 145 Å². The third-order valence-corrected chi connectivity index (χ3v) is 5.43. The molecule has 0 aromatic carbocycles. The summed E-state index contributed by atoms with van der Waals surface area (Å²) in [6, 6.07) is 4.30. The van der Waals surface area contributed by atoms with Crippen molar-refractivity contribution in [3.8, 4) is 0 Å². The number of rotatable bonds is 3. The molecule has 3 aromatic heterocycles. The first-order valence-electron chi connectivity index (χ1n) is 8.83. The summed E-state index contributed by atoms with van der Waals surface area (Å²) in [4.78, 5) is 19.5. The molecule has 2 aliphatic heterocycles. The van der Waals surface area contributed by atoms with Crippen molar-refractivity contribution in [2.45, 2.75) is 51.2 Å². The molecule has 0 N–H and O–H groups in total. The first-order valence-corrected chi connectivity index (χ1v) is 8.83. The molecule has 1 saturated heterocycles. The zero-order valence-corrected chi connectivity index (χ0v) is 14.2. The van der Waals surface area contributed by atoms with Crippen LogP contribution in [0.5, 0.6) is 0 Å². The lowest BCUT2D eigenvalue weighted by Gasteiger charge is -2.36. The Morgan fingerprint density at radius 3 is 3.12 bits per heavy atom. The zero-order chi connectivity index (χ0) is 17.0. The quantitative estimate of drug-likeness (QED) is 0.733. The molecular formula is C18H20N6O. The minimum atomic E-state index is 0.139. The molecule has 0 radical (unpaired) electrons. The number of aryl methyl sites for hydroxylation is 2. The highest BCUT2D eigenvalue weighted by atomic mass is 16.2. The lowest BCUT2D eigenvalue weighted by molar-refractivity contribution is -0.135. The second-order valence-electron chi connectivity index (χ2n) is 6.99. The fourth-order valence-corrected chi connectivity index (χ4v) is 4.35. The van der Waals surface area contributed by atoms with Gasteiger partial charge in [-0.3, -0.25) is 9.48 Å². The normalized spacial score (nSPS) is 21.7. The van der Waals surface area contributed by atoms with Gasteiger partial charge in [0, 0.05) is 55.6 Å². The van der Waals surface area contributed by atoms with Gasteiger partial charge in [0.25, 0.3) is 0 Å². The average molecular weight is 336 g/mol. The predicted octanol–water partition coefficient (Wildman–Crippen LogP) is 1.91. The number of nitrogens with zero attached hydrogens (tertiary/aromatic N) is 6. The molecule has 3 aromatic rings. The number of amides is 1. The van der Waals surface area contributed by atoms with E-state index in [1.807, 2.05) is 40.6 Å². The number of carbonyl (C=O) groups excluding carboxylic acids is 1. The van der Waals surface area contributed by atoms with E-state index in [-0.39, 0.29) is 18.0 Å². The zero-order valence-electron chi connectivity index (χ0n) is 14.2. The van der Waals surface area contributed by atoms with Crippen LogP contribution in [-0.4, -0.2) is 41.2 Å². The van der Waals surface area contributed by atoms with Crippen LogP contribution in [0.15, 0.2) is 30.7 Å². The van der Waals surface area contributed by atoms with E-state index < -0.39 is 0 Å². The van der Waals surface area contributed by atoms with E-state index in [9.17, 15) is 4.79 Å². The van der Waals surface area contributed by atoms with Gasteiger partial charge in [0.2, 0.25) is 5.91 Å². The van der Waals surface area contributed by atoms with Crippen molar-refractivity contribution in [3.05, 3.63) is 47.7 Å². The summed E-state index contributed by atoms with van der Waals surface area (Å²) in [7, 11) is 0. The fraction of sp³-hybridized carbons (Fsp3) is 0.444. The summed E-state index contributed by atoms with van der Waals surface area (Å²) < 4.78 is 3.79. The van der Waals surface area contributed by atoms with Gasteiger partial charge < -0.3 is 4.90 Å². The molecule has 7 nitrogen and oxygen atoms in total. The molecular weight excluding hydrogens is 316 g/mol. The van der Waals surface area contributed by atoms with Crippen LogP contribution in [0.3, 0.4) is 0 Å². The number of fused-ring (bicyclic) bond motifs is 6. The molecule has 128 valence electrons. The van der Waals surface area contributed by atoms with Crippen molar-refractivity contribution in [2.24, 2.45) is 0 Å². The SMILES string of the molecule is Cc1cc2ncc3c(n2n1)C[C@H]1CC[C@H]3N1C(=O)CCn1cccn1. The minimum absolute atomic E-state index is 0.139. The molecule has 0 spiro atoms. The molecule has 2 atom stereocenters. The van der Waals surface area contributed by atoms with Crippen LogP contribution in [0.4, 0.5) is 0 Å². The summed E-state index contributed by atoms with van der Waals surface area (Å²) in [5, 5.41) is 8.79. The van der Waals surface area contributed by atoms with E-state index in [1.165, 1.54) is 5.69 Å². The second-order valence-corrected chi connectivity index (χ2v) is 6.99. The van der Waals surface area contributed by atoms with Crippen molar-refractivity contribution < 1.29 is 4.79 Å². The molecule has 7 heteroatoms. The Morgan fingerprint density at radius 1 is 1.36 bits per heavy atom. The third kappa shape index (κ3) is 2.26. The largest absolute Gasteiger partial charge is 0.332 e. The number of aromatic nitrogens is 5. The van der Waals surface area contributed by atoms with Gasteiger partial charge in [0.15, 0.2) is 5.65 Å². The second kappa shape index (κ2) is 5.40. The van der Waals surface area contributed by atoms with Crippen LogP contribution >= 0.6 is 0 Å². The number of hydrogen-bond acceptors (Lipinski definition) is 4. The molecule has 0 aliphatic carbocycles. The van der Waals surface area contributed by atoms with Gasteiger partial charge >= 0.3 is 0 Å². The van der Waals surface area contributed by atoms with Crippen LogP contribution < -0.4 is 0 Å².